The first-order valence-corrected chi connectivity index (χ1v) is 3.19. The molecule has 12 heavy (non-hydrogen) atoms. The van der Waals surface area contributed by atoms with E-state index in [-0.39, 0.29) is 5.69 Å². The lowest BCUT2D eigenvalue weighted by atomic mass is 10.5. The Hall–Kier alpha value is -1.04. The standard InChI is InChI=1S/C6H7F3N2O/c7-6(8,9)3-11-4-10-1-5(11)2-12/h1,4,12H,2-3H2. The summed E-state index contributed by atoms with van der Waals surface area (Å²) < 4.78 is 36.3. The molecule has 0 radical (unpaired) electrons. The van der Waals surface area contributed by atoms with Crippen LogP contribution in [0.1, 0.15) is 5.69 Å². The van der Waals surface area contributed by atoms with E-state index in [1.54, 1.807) is 0 Å². The average molecular weight is 180 g/mol. The van der Waals surface area contributed by atoms with E-state index in [1.165, 1.54) is 6.20 Å². The summed E-state index contributed by atoms with van der Waals surface area (Å²) in [5.74, 6) is 0. The van der Waals surface area contributed by atoms with Crippen LogP contribution in [-0.2, 0) is 13.2 Å². The summed E-state index contributed by atoms with van der Waals surface area (Å²) in [5, 5.41) is 8.58. The molecule has 3 nitrogen and oxygen atoms in total. The van der Waals surface area contributed by atoms with E-state index in [4.69, 9.17) is 5.11 Å². The molecule has 6 heteroatoms. The minimum atomic E-state index is -4.27. The molecule has 1 aromatic heterocycles. The highest BCUT2D eigenvalue weighted by Gasteiger charge is 2.28. The highest BCUT2D eigenvalue weighted by atomic mass is 19.4. The molecule has 68 valence electrons. The molecule has 1 heterocycles. The minimum absolute atomic E-state index is 0.160. The first-order chi connectivity index (χ1) is 5.53. The second-order valence-corrected chi connectivity index (χ2v) is 2.29. The first-order valence-electron chi connectivity index (χ1n) is 3.19. The number of imidazole rings is 1. The molecule has 0 amide bonds. The fourth-order valence-corrected chi connectivity index (χ4v) is 0.815. The summed E-state index contributed by atoms with van der Waals surface area (Å²) >= 11 is 0. The largest absolute Gasteiger partial charge is 0.406 e. The van der Waals surface area contributed by atoms with Gasteiger partial charge in [0.2, 0.25) is 0 Å². The number of hydrogen-bond acceptors (Lipinski definition) is 2. The molecule has 0 unspecified atom stereocenters. The number of aliphatic hydroxyl groups excluding tert-OH is 1. The molecule has 1 N–H and O–H groups in total. The van der Waals surface area contributed by atoms with Crippen molar-refractivity contribution in [3.05, 3.63) is 18.2 Å². The molecule has 0 aliphatic carbocycles. The van der Waals surface area contributed by atoms with Crippen LogP contribution in [0.4, 0.5) is 13.2 Å². The number of aliphatic hydroxyl groups is 1. The fourth-order valence-electron chi connectivity index (χ4n) is 0.815. The Labute approximate surface area is 66.5 Å². The number of aromatic nitrogens is 2. The van der Waals surface area contributed by atoms with Gasteiger partial charge in [-0.1, -0.05) is 0 Å². The highest BCUT2D eigenvalue weighted by molar-refractivity contribution is 4.96. The van der Waals surface area contributed by atoms with Gasteiger partial charge in [-0.15, -0.1) is 0 Å². The van der Waals surface area contributed by atoms with Gasteiger partial charge >= 0.3 is 6.18 Å². The quantitative estimate of drug-likeness (QED) is 0.735. The molecule has 1 rings (SSSR count). The lowest BCUT2D eigenvalue weighted by molar-refractivity contribution is -0.141. The molecular formula is C6H7F3N2O. The normalized spacial score (nSPS) is 12.0. The van der Waals surface area contributed by atoms with E-state index in [9.17, 15) is 13.2 Å². The summed E-state index contributed by atoms with van der Waals surface area (Å²) in [4.78, 5) is 3.48. The van der Waals surface area contributed by atoms with Gasteiger partial charge in [0.1, 0.15) is 6.54 Å². The zero-order valence-electron chi connectivity index (χ0n) is 6.04. The van der Waals surface area contributed by atoms with E-state index in [1.807, 2.05) is 0 Å². The molecule has 0 bridgehead atoms. The van der Waals surface area contributed by atoms with Gasteiger partial charge in [-0.3, -0.25) is 0 Å². The van der Waals surface area contributed by atoms with Crippen molar-refractivity contribution < 1.29 is 18.3 Å². The molecular weight excluding hydrogens is 173 g/mol. The van der Waals surface area contributed by atoms with Crippen molar-refractivity contribution in [2.24, 2.45) is 0 Å². The van der Waals surface area contributed by atoms with E-state index < -0.39 is 19.3 Å². The van der Waals surface area contributed by atoms with Gasteiger partial charge in [0.25, 0.3) is 0 Å². The summed E-state index contributed by atoms with van der Waals surface area (Å²) in [6.07, 6.45) is -2.03. The third-order valence-electron chi connectivity index (χ3n) is 1.31. The number of halogens is 3. The predicted molar refractivity (Wildman–Crippen MR) is 34.2 cm³/mol. The second kappa shape index (κ2) is 3.14. The maximum absolute atomic E-state index is 11.8. The van der Waals surface area contributed by atoms with Crippen LogP contribution in [0.3, 0.4) is 0 Å². The summed E-state index contributed by atoms with van der Waals surface area (Å²) in [6.45, 7) is -1.54. The van der Waals surface area contributed by atoms with Crippen molar-refractivity contribution in [1.29, 1.82) is 0 Å². The monoisotopic (exact) mass is 180 g/mol. The topological polar surface area (TPSA) is 38.1 Å². The van der Waals surface area contributed by atoms with Gasteiger partial charge in [0.05, 0.1) is 24.8 Å². The highest BCUT2D eigenvalue weighted by Crippen LogP contribution is 2.18. The van der Waals surface area contributed by atoms with Gasteiger partial charge in [-0.05, 0) is 0 Å². The molecule has 0 aliphatic rings. The summed E-state index contributed by atoms with van der Waals surface area (Å²) in [5.41, 5.74) is 0.160. The van der Waals surface area contributed by atoms with Gasteiger partial charge in [0, 0.05) is 0 Å². The fraction of sp³-hybridized carbons (Fsp3) is 0.500. The van der Waals surface area contributed by atoms with E-state index >= 15 is 0 Å². The Morgan fingerprint density at radius 2 is 2.17 bits per heavy atom. The predicted octanol–water partition coefficient (Wildman–Crippen LogP) is 0.938. The van der Waals surface area contributed by atoms with E-state index in [0.717, 1.165) is 10.9 Å². The van der Waals surface area contributed by atoms with Crippen LogP contribution in [0.15, 0.2) is 12.5 Å². The molecule has 1 aromatic rings. The zero-order chi connectivity index (χ0) is 9.19. The molecule has 0 spiro atoms. The van der Waals surface area contributed by atoms with Gasteiger partial charge in [-0.25, -0.2) is 4.98 Å². The summed E-state index contributed by atoms with van der Waals surface area (Å²) in [7, 11) is 0. The van der Waals surface area contributed by atoms with Crippen molar-refractivity contribution in [3.63, 3.8) is 0 Å². The Balaban J connectivity index is 2.75. The van der Waals surface area contributed by atoms with Crippen LogP contribution in [0, 0.1) is 0 Å². The molecule has 0 fully saturated rings. The van der Waals surface area contributed by atoms with Crippen LogP contribution >= 0.6 is 0 Å². The van der Waals surface area contributed by atoms with Crippen LogP contribution in [0.2, 0.25) is 0 Å². The Morgan fingerprint density at radius 1 is 1.50 bits per heavy atom. The van der Waals surface area contributed by atoms with Crippen LogP contribution in [-0.4, -0.2) is 20.8 Å². The molecule has 0 saturated heterocycles. The maximum atomic E-state index is 11.8. The molecule has 0 aromatic carbocycles. The number of rotatable bonds is 2. The SMILES string of the molecule is OCc1cncn1CC(F)(F)F. The van der Waals surface area contributed by atoms with Crippen molar-refractivity contribution in [2.75, 3.05) is 0 Å². The van der Waals surface area contributed by atoms with Crippen molar-refractivity contribution in [1.82, 2.24) is 9.55 Å². The lowest BCUT2D eigenvalue weighted by Crippen LogP contribution is -2.18. The minimum Gasteiger partial charge on any atom is -0.390 e. The van der Waals surface area contributed by atoms with E-state index in [0.29, 0.717) is 0 Å². The van der Waals surface area contributed by atoms with Crippen LogP contribution in [0.25, 0.3) is 0 Å². The maximum Gasteiger partial charge on any atom is 0.406 e. The van der Waals surface area contributed by atoms with E-state index in [2.05, 4.69) is 4.98 Å². The summed E-state index contributed by atoms with van der Waals surface area (Å²) in [6, 6.07) is 0. The average Bonchev–Trinajstić information content (AvgIpc) is 2.31. The molecule has 0 saturated carbocycles. The van der Waals surface area contributed by atoms with Crippen molar-refractivity contribution >= 4 is 0 Å². The number of hydrogen-bond donors (Lipinski definition) is 1. The van der Waals surface area contributed by atoms with Gasteiger partial charge < -0.3 is 9.67 Å². The van der Waals surface area contributed by atoms with Gasteiger partial charge in [0.15, 0.2) is 0 Å². The third-order valence-corrected chi connectivity index (χ3v) is 1.31. The first kappa shape index (κ1) is 9.05. The Kier molecular flexibility index (Phi) is 2.37. The van der Waals surface area contributed by atoms with Crippen LogP contribution < -0.4 is 0 Å². The number of nitrogens with zero attached hydrogens (tertiary/aromatic N) is 2. The third kappa shape index (κ3) is 2.23. The second-order valence-electron chi connectivity index (χ2n) is 2.29. The van der Waals surface area contributed by atoms with Crippen molar-refractivity contribution in [2.45, 2.75) is 19.3 Å². The lowest BCUT2D eigenvalue weighted by Gasteiger charge is -2.08. The zero-order valence-corrected chi connectivity index (χ0v) is 6.04. The smallest absolute Gasteiger partial charge is 0.390 e. The van der Waals surface area contributed by atoms with Crippen LogP contribution in [0.5, 0.6) is 0 Å². The molecule has 0 aliphatic heterocycles. The molecule has 0 atom stereocenters. The van der Waals surface area contributed by atoms with Gasteiger partial charge in [-0.2, -0.15) is 13.2 Å². The number of alkyl halides is 3. The van der Waals surface area contributed by atoms with Crippen molar-refractivity contribution in [3.8, 4) is 0 Å². The Bertz CT molecular complexity index is 256. The Morgan fingerprint density at radius 3 is 2.67 bits per heavy atom.